The number of aromatic carboxylic acids is 1. The topological polar surface area (TPSA) is 86.4 Å². The molecule has 31 heavy (non-hydrogen) atoms. The zero-order valence-corrected chi connectivity index (χ0v) is 18.1. The number of carbonyl (C=O) groups is 1. The Hall–Kier alpha value is -3.29. The fourth-order valence-corrected chi connectivity index (χ4v) is 3.82. The van der Waals surface area contributed by atoms with Crippen LogP contribution >= 0.6 is 23.2 Å². The minimum Gasteiger partial charge on any atom is -0.497 e. The van der Waals surface area contributed by atoms with Crippen molar-refractivity contribution in [1.29, 1.82) is 0 Å². The van der Waals surface area contributed by atoms with Gasteiger partial charge in [0.15, 0.2) is 0 Å². The number of carboxylic acids is 1. The molecule has 4 rings (SSSR count). The first-order chi connectivity index (χ1) is 14.8. The summed E-state index contributed by atoms with van der Waals surface area (Å²) < 4.78 is 8.39. The third-order valence-corrected chi connectivity index (χ3v) is 5.75. The summed E-state index contributed by atoms with van der Waals surface area (Å²) in [6, 6.07) is 10.1. The number of halogens is 2. The first-order valence-corrected chi connectivity index (χ1v) is 10.1. The van der Waals surface area contributed by atoms with Gasteiger partial charge in [0.2, 0.25) is 5.43 Å². The largest absolute Gasteiger partial charge is 0.497 e. The molecule has 0 unspecified atom stereocenters. The number of hydrogen-bond donors (Lipinski definition) is 1. The minimum atomic E-state index is -1.34. The number of pyridine rings is 1. The highest BCUT2D eigenvalue weighted by atomic mass is 35.5. The van der Waals surface area contributed by atoms with E-state index in [4.69, 9.17) is 27.9 Å². The summed E-state index contributed by atoms with van der Waals surface area (Å²) in [5.74, 6) is -0.750. The predicted octanol–water partition coefficient (Wildman–Crippen LogP) is 4.89. The molecule has 1 N–H and O–H groups in total. The van der Waals surface area contributed by atoms with Crippen molar-refractivity contribution >= 4 is 40.1 Å². The summed E-state index contributed by atoms with van der Waals surface area (Å²) >= 11 is 12.2. The van der Waals surface area contributed by atoms with E-state index < -0.39 is 11.4 Å². The van der Waals surface area contributed by atoms with E-state index in [2.05, 4.69) is 5.10 Å². The van der Waals surface area contributed by atoms with E-state index in [1.54, 1.807) is 54.4 Å². The van der Waals surface area contributed by atoms with Crippen LogP contribution in [-0.4, -0.2) is 32.5 Å². The van der Waals surface area contributed by atoms with E-state index in [-0.39, 0.29) is 22.0 Å². The van der Waals surface area contributed by atoms with E-state index in [9.17, 15) is 14.7 Å². The Bertz CT molecular complexity index is 1390. The first kappa shape index (κ1) is 21.0. The molecule has 0 bridgehead atoms. The van der Waals surface area contributed by atoms with Gasteiger partial charge in [-0.3, -0.25) is 4.79 Å². The molecule has 4 aromatic rings. The standard InChI is InChI=1S/C22H17Cl2N3O4/c1-3-26-11-18(27-17-9-14(31-2)6-4-13(17)10-25-27)21(28)19(22(29)30)20(26)12-5-7-15(23)16(24)8-12/h4-11H,3H2,1-2H3,(H,29,30). The van der Waals surface area contributed by atoms with Gasteiger partial charge < -0.3 is 14.4 Å². The molecule has 0 aliphatic rings. The third-order valence-electron chi connectivity index (χ3n) is 5.02. The molecule has 0 saturated heterocycles. The Morgan fingerprint density at radius 1 is 1.16 bits per heavy atom. The van der Waals surface area contributed by atoms with Crippen LogP contribution in [-0.2, 0) is 6.54 Å². The Balaban J connectivity index is 2.05. The first-order valence-electron chi connectivity index (χ1n) is 9.34. The summed E-state index contributed by atoms with van der Waals surface area (Å²) in [4.78, 5) is 25.6. The molecule has 0 aliphatic carbocycles. The van der Waals surface area contributed by atoms with E-state index in [0.717, 1.165) is 5.39 Å². The van der Waals surface area contributed by atoms with Crippen molar-refractivity contribution in [2.45, 2.75) is 13.5 Å². The lowest BCUT2D eigenvalue weighted by Crippen LogP contribution is -2.25. The normalized spacial score (nSPS) is 11.1. The Labute approximate surface area is 187 Å². The van der Waals surface area contributed by atoms with Crippen LogP contribution in [0.1, 0.15) is 17.3 Å². The van der Waals surface area contributed by atoms with Crippen LogP contribution in [0.25, 0.3) is 27.8 Å². The molecule has 9 heteroatoms. The summed E-state index contributed by atoms with van der Waals surface area (Å²) in [7, 11) is 1.54. The number of carboxylic acid groups (broad SMARTS) is 1. The number of nitrogens with zero attached hydrogens (tertiary/aromatic N) is 3. The number of benzene rings is 2. The van der Waals surface area contributed by atoms with Crippen LogP contribution in [0, 0.1) is 0 Å². The maximum Gasteiger partial charge on any atom is 0.341 e. The second-order valence-corrected chi connectivity index (χ2v) is 7.58. The van der Waals surface area contributed by atoms with Crippen molar-refractivity contribution in [2.24, 2.45) is 0 Å². The zero-order valence-electron chi connectivity index (χ0n) is 16.6. The van der Waals surface area contributed by atoms with Gasteiger partial charge in [-0.1, -0.05) is 29.3 Å². The van der Waals surface area contributed by atoms with Crippen LogP contribution in [0.3, 0.4) is 0 Å². The number of methoxy groups -OCH3 is 1. The summed E-state index contributed by atoms with van der Waals surface area (Å²) in [6.45, 7) is 2.26. The highest BCUT2D eigenvalue weighted by molar-refractivity contribution is 6.42. The zero-order chi connectivity index (χ0) is 22.3. The fourth-order valence-electron chi connectivity index (χ4n) is 3.52. The average Bonchev–Trinajstić information content (AvgIpc) is 3.18. The number of ether oxygens (including phenoxy) is 1. The quantitative estimate of drug-likeness (QED) is 0.461. The van der Waals surface area contributed by atoms with Gasteiger partial charge in [0.1, 0.15) is 17.0 Å². The van der Waals surface area contributed by atoms with Gasteiger partial charge in [0, 0.05) is 29.8 Å². The van der Waals surface area contributed by atoms with Crippen molar-refractivity contribution in [3.63, 3.8) is 0 Å². The van der Waals surface area contributed by atoms with Crippen LogP contribution in [0.4, 0.5) is 0 Å². The molecule has 0 spiro atoms. The van der Waals surface area contributed by atoms with Gasteiger partial charge >= 0.3 is 5.97 Å². The van der Waals surface area contributed by atoms with Crippen LogP contribution in [0.5, 0.6) is 5.75 Å². The molecule has 0 saturated carbocycles. The van der Waals surface area contributed by atoms with Crippen molar-refractivity contribution in [2.75, 3.05) is 7.11 Å². The van der Waals surface area contributed by atoms with E-state index in [0.29, 0.717) is 28.4 Å². The molecule has 0 fully saturated rings. The highest BCUT2D eigenvalue weighted by Crippen LogP contribution is 2.31. The molecule has 7 nitrogen and oxygen atoms in total. The van der Waals surface area contributed by atoms with Crippen molar-refractivity contribution in [1.82, 2.24) is 14.3 Å². The van der Waals surface area contributed by atoms with Gasteiger partial charge in [0.05, 0.1) is 34.6 Å². The molecule has 0 amide bonds. The summed E-state index contributed by atoms with van der Waals surface area (Å²) in [6.07, 6.45) is 3.20. The lowest BCUT2D eigenvalue weighted by Gasteiger charge is -2.17. The lowest BCUT2D eigenvalue weighted by atomic mass is 10.0. The fraction of sp³-hybridized carbons (Fsp3) is 0.136. The van der Waals surface area contributed by atoms with E-state index in [1.807, 2.05) is 13.0 Å². The van der Waals surface area contributed by atoms with Crippen LogP contribution in [0.2, 0.25) is 10.0 Å². The summed E-state index contributed by atoms with van der Waals surface area (Å²) in [5.41, 5.74) is 0.431. The van der Waals surface area contributed by atoms with Gasteiger partial charge in [-0.05, 0) is 31.2 Å². The van der Waals surface area contributed by atoms with Crippen molar-refractivity contribution < 1.29 is 14.6 Å². The Morgan fingerprint density at radius 2 is 1.94 bits per heavy atom. The molecule has 158 valence electrons. The number of rotatable bonds is 5. The summed E-state index contributed by atoms with van der Waals surface area (Å²) in [5, 5.41) is 15.7. The van der Waals surface area contributed by atoms with Gasteiger partial charge in [-0.15, -0.1) is 0 Å². The molecule has 0 radical (unpaired) electrons. The minimum absolute atomic E-state index is 0.117. The monoisotopic (exact) mass is 457 g/mol. The highest BCUT2D eigenvalue weighted by Gasteiger charge is 2.24. The third kappa shape index (κ3) is 3.56. The molecule has 2 heterocycles. The molecule has 0 aliphatic heterocycles. The smallest absolute Gasteiger partial charge is 0.341 e. The Kier molecular flexibility index (Phi) is 5.47. The number of fused-ring (bicyclic) bond motifs is 1. The van der Waals surface area contributed by atoms with E-state index >= 15 is 0 Å². The Morgan fingerprint density at radius 3 is 2.58 bits per heavy atom. The maximum atomic E-state index is 13.4. The van der Waals surface area contributed by atoms with Gasteiger partial charge in [-0.25, -0.2) is 9.48 Å². The molecule has 2 aromatic heterocycles. The lowest BCUT2D eigenvalue weighted by molar-refractivity contribution is 0.0695. The second-order valence-electron chi connectivity index (χ2n) is 6.77. The van der Waals surface area contributed by atoms with Crippen molar-refractivity contribution in [3.05, 3.63) is 74.6 Å². The molecular weight excluding hydrogens is 441 g/mol. The maximum absolute atomic E-state index is 13.4. The van der Waals surface area contributed by atoms with Crippen molar-refractivity contribution in [3.8, 4) is 22.7 Å². The van der Waals surface area contributed by atoms with Gasteiger partial charge in [0.25, 0.3) is 0 Å². The van der Waals surface area contributed by atoms with Gasteiger partial charge in [-0.2, -0.15) is 5.10 Å². The van der Waals surface area contributed by atoms with E-state index in [1.165, 1.54) is 4.68 Å². The molecule has 0 atom stereocenters. The van der Waals surface area contributed by atoms with Crippen LogP contribution < -0.4 is 10.2 Å². The second kappa shape index (κ2) is 8.09. The predicted molar refractivity (Wildman–Crippen MR) is 120 cm³/mol. The number of aryl methyl sites for hydroxylation is 1. The average molecular weight is 458 g/mol. The number of aromatic nitrogens is 3. The number of hydrogen-bond acceptors (Lipinski definition) is 4. The molecule has 2 aromatic carbocycles. The van der Waals surface area contributed by atoms with Crippen LogP contribution in [0.15, 0.2) is 53.6 Å². The molecular formula is C22H17Cl2N3O4. The SMILES string of the molecule is CCn1cc(-n2ncc3ccc(OC)cc32)c(=O)c(C(=O)O)c1-c1ccc(Cl)c(Cl)c1.